The van der Waals surface area contributed by atoms with Gasteiger partial charge in [0.25, 0.3) is 0 Å². The first-order valence-corrected chi connectivity index (χ1v) is 8.17. The van der Waals surface area contributed by atoms with Gasteiger partial charge in [-0.05, 0) is 25.3 Å². The van der Waals surface area contributed by atoms with Crippen molar-refractivity contribution in [2.75, 3.05) is 13.7 Å². The molecular formula is C15H28N2OS. The SMILES string of the molecule is CCCNCc1sc(C(OC)C(C)C)nc1CCC. The lowest BCUT2D eigenvalue weighted by Gasteiger charge is -2.16. The maximum absolute atomic E-state index is 5.60. The van der Waals surface area contributed by atoms with Crippen LogP contribution in [0.1, 0.15) is 62.2 Å². The molecule has 0 fully saturated rings. The molecule has 0 aliphatic carbocycles. The summed E-state index contributed by atoms with van der Waals surface area (Å²) in [5.41, 5.74) is 1.26. The predicted octanol–water partition coefficient (Wildman–Crippen LogP) is 3.94. The Bertz CT molecular complexity index is 363. The topological polar surface area (TPSA) is 34.1 Å². The molecule has 0 aliphatic heterocycles. The Kier molecular flexibility index (Phi) is 7.57. The van der Waals surface area contributed by atoms with Crippen LogP contribution in [0, 0.1) is 5.92 Å². The number of nitrogens with one attached hydrogen (secondary N) is 1. The molecule has 1 atom stereocenters. The molecule has 0 saturated carbocycles. The molecule has 0 bridgehead atoms. The standard InChI is InChI=1S/C15H28N2OS/c1-6-8-12-13(10-16-9-7-2)19-15(17-12)14(18-5)11(3)4/h11,14,16H,6-10H2,1-5H3. The van der Waals surface area contributed by atoms with Crippen LogP contribution in [0.25, 0.3) is 0 Å². The summed E-state index contributed by atoms with van der Waals surface area (Å²) in [6.07, 6.45) is 3.50. The molecular weight excluding hydrogens is 256 g/mol. The lowest BCUT2D eigenvalue weighted by atomic mass is 10.1. The number of hydrogen-bond acceptors (Lipinski definition) is 4. The van der Waals surface area contributed by atoms with Gasteiger partial charge in [-0.2, -0.15) is 0 Å². The summed E-state index contributed by atoms with van der Waals surface area (Å²) >= 11 is 1.81. The summed E-state index contributed by atoms with van der Waals surface area (Å²) in [4.78, 5) is 6.21. The van der Waals surface area contributed by atoms with Crippen molar-refractivity contribution in [3.8, 4) is 0 Å². The molecule has 0 aliphatic rings. The summed E-state index contributed by atoms with van der Waals surface area (Å²) in [7, 11) is 1.78. The molecule has 1 aromatic heterocycles. The second-order valence-electron chi connectivity index (χ2n) is 5.25. The Labute approximate surface area is 121 Å². The highest BCUT2D eigenvalue weighted by molar-refractivity contribution is 7.11. The molecule has 0 amide bonds. The zero-order valence-electron chi connectivity index (χ0n) is 13.0. The predicted molar refractivity (Wildman–Crippen MR) is 82.7 cm³/mol. The summed E-state index contributed by atoms with van der Waals surface area (Å²) < 4.78 is 5.60. The van der Waals surface area contributed by atoms with Gasteiger partial charge in [0, 0.05) is 18.5 Å². The van der Waals surface area contributed by atoms with Gasteiger partial charge in [-0.1, -0.05) is 34.1 Å². The van der Waals surface area contributed by atoms with E-state index in [1.165, 1.54) is 17.0 Å². The van der Waals surface area contributed by atoms with Crippen molar-refractivity contribution in [3.05, 3.63) is 15.6 Å². The molecule has 3 nitrogen and oxygen atoms in total. The Hall–Kier alpha value is -0.450. The van der Waals surface area contributed by atoms with Gasteiger partial charge in [0.2, 0.25) is 0 Å². The van der Waals surface area contributed by atoms with Gasteiger partial charge in [0.1, 0.15) is 11.1 Å². The van der Waals surface area contributed by atoms with E-state index >= 15 is 0 Å². The van der Waals surface area contributed by atoms with Crippen LogP contribution in [0.4, 0.5) is 0 Å². The van der Waals surface area contributed by atoms with E-state index in [9.17, 15) is 0 Å². The maximum Gasteiger partial charge on any atom is 0.122 e. The van der Waals surface area contributed by atoms with Gasteiger partial charge in [-0.3, -0.25) is 0 Å². The first-order chi connectivity index (χ1) is 9.13. The normalized spacial score (nSPS) is 13.2. The third kappa shape index (κ3) is 4.86. The Balaban J connectivity index is 2.85. The number of aromatic nitrogens is 1. The highest BCUT2D eigenvalue weighted by Crippen LogP contribution is 2.31. The van der Waals surface area contributed by atoms with E-state index in [0.29, 0.717) is 5.92 Å². The quantitative estimate of drug-likeness (QED) is 0.697. The van der Waals surface area contributed by atoms with Crippen LogP contribution in [0.5, 0.6) is 0 Å². The van der Waals surface area contributed by atoms with Crippen molar-refractivity contribution in [1.29, 1.82) is 0 Å². The number of nitrogens with zero attached hydrogens (tertiary/aromatic N) is 1. The summed E-state index contributed by atoms with van der Waals surface area (Å²) in [6, 6.07) is 0. The third-order valence-corrected chi connectivity index (χ3v) is 4.26. The molecule has 1 unspecified atom stereocenters. The van der Waals surface area contributed by atoms with Crippen molar-refractivity contribution in [1.82, 2.24) is 10.3 Å². The van der Waals surface area contributed by atoms with Gasteiger partial charge < -0.3 is 10.1 Å². The lowest BCUT2D eigenvalue weighted by molar-refractivity contribution is 0.0643. The molecule has 4 heteroatoms. The number of thiazole rings is 1. The average molecular weight is 284 g/mol. The zero-order valence-corrected chi connectivity index (χ0v) is 13.8. The molecule has 0 radical (unpaired) electrons. The minimum atomic E-state index is 0.125. The molecule has 1 rings (SSSR count). The van der Waals surface area contributed by atoms with Crippen molar-refractivity contribution in [3.63, 3.8) is 0 Å². The minimum Gasteiger partial charge on any atom is -0.374 e. The second kappa shape index (κ2) is 8.67. The van der Waals surface area contributed by atoms with E-state index in [1.54, 1.807) is 7.11 Å². The zero-order chi connectivity index (χ0) is 14.3. The van der Waals surface area contributed by atoms with E-state index in [1.807, 2.05) is 11.3 Å². The Morgan fingerprint density at radius 1 is 1.26 bits per heavy atom. The van der Waals surface area contributed by atoms with Crippen LogP contribution in [-0.2, 0) is 17.7 Å². The first kappa shape index (κ1) is 16.6. The van der Waals surface area contributed by atoms with Crippen LogP contribution in [0.2, 0.25) is 0 Å². The van der Waals surface area contributed by atoms with Crippen molar-refractivity contribution in [2.45, 2.75) is 59.6 Å². The minimum absolute atomic E-state index is 0.125. The van der Waals surface area contributed by atoms with Gasteiger partial charge in [0.05, 0.1) is 5.69 Å². The summed E-state index contributed by atoms with van der Waals surface area (Å²) in [5.74, 6) is 0.460. The number of rotatable bonds is 9. The molecule has 0 saturated heterocycles. The monoisotopic (exact) mass is 284 g/mol. The fourth-order valence-electron chi connectivity index (χ4n) is 2.13. The molecule has 1 N–H and O–H groups in total. The molecule has 1 aromatic rings. The van der Waals surface area contributed by atoms with Crippen molar-refractivity contribution < 1.29 is 4.74 Å². The van der Waals surface area contributed by atoms with Crippen molar-refractivity contribution >= 4 is 11.3 Å². The van der Waals surface area contributed by atoms with E-state index < -0.39 is 0 Å². The molecule has 0 spiro atoms. The van der Waals surface area contributed by atoms with Gasteiger partial charge in [-0.15, -0.1) is 11.3 Å². The number of ether oxygens (including phenoxy) is 1. The fraction of sp³-hybridized carbons (Fsp3) is 0.800. The molecule has 0 aromatic carbocycles. The average Bonchev–Trinajstić information content (AvgIpc) is 2.74. The van der Waals surface area contributed by atoms with Gasteiger partial charge in [0.15, 0.2) is 0 Å². The van der Waals surface area contributed by atoms with E-state index in [2.05, 4.69) is 33.0 Å². The fourth-order valence-corrected chi connectivity index (χ4v) is 3.46. The summed E-state index contributed by atoms with van der Waals surface area (Å²) in [5, 5.41) is 4.61. The van der Waals surface area contributed by atoms with E-state index in [0.717, 1.165) is 30.9 Å². The third-order valence-electron chi connectivity index (χ3n) is 3.10. The second-order valence-corrected chi connectivity index (χ2v) is 6.36. The number of hydrogen-bond donors (Lipinski definition) is 1. The lowest BCUT2D eigenvalue weighted by Crippen LogP contribution is -2.13. The first-order valence-electron chi connectivity index (χ1n) is 7.35. The number of methoxy groups -OCH3 is 1. The highest BCUT2D eigenvalue weighted by atomic mass is 32.1. The highest BCUT2D eigenvalue weighted by Gasteiger charge is 2.21. The maximum atomic E-state index is 5.60. The molecule has 110 valence electrons. The largest absolute Gasteiger partial charge is 0.374 e. The van der Waals surface area contributed by atoms with Crippen LogP contribution in [0.15, 0.2) is 0 Å². The molecule has 19 heavy (non-hydrogen) atoms. The summed E-state index contributed by atoms with van der Waals surface area (Å²) in [6.45, 7) is 10.8. The van der Waals surface area contributed by atoms with Crippen LogP contribution in [-0.4, -0.2) is 18.6 Å². The molecule has 1 heterocycles. The van der Waals surface area contributed by atoms with Crippen LogP contribution in [0.3, 0.4) is 0 Å². The number of aryl methyl sites for hydroxylation is 1. The van der Waals surface area contributed by atoms with Crippen LogP contribution >= 0.6 is 11.3 Å². The van der Waals surface area contributed by atoms with Crippen molar-refractivity contribution in [2.24, 2.45) is 5.92 Å². The van der Waals surface area contributed by atoms with Gasteiger partial charge in [-0.25, -0.2) is 4.98 Å². The van der Waals surface area contributed by atoms with E-state index in [4.69, 9.17) is 9.72 Å². The Morgan fingerprint density at radius 2 is 2.00 bits per heavy atom. The smallest absolute Gasteiger partial charge is 0.122 e. The van der Waals surface area contributed by atoms with Crippen LogP contribution < -0.4 is 5.32 Å². The van der Waals surface area contributed by atoms with E-state index in [-0.39, 0.29) is 6.10 Å². The van der Waals surface area contributed by atoms with Gasteiger partial charge >= 0.3 is 0 Å². The Morgan fingerprint density at radius 3 is 2.53 bits per heavy atom.